The van der Waals surface area contributed by atoms with Crippen molar-refractivity contribution in [3.05, 3.63) is 12.2 Å². The van der Waals surface area contributed by atoms with Gasteiger partial charge in [0.25, 0.3) is 0 Å². The van der Waals surface area contributed by atoms with E-state index < -0.39 is 0 Å². The van der Waals surface area contributed by atoms with Crippen LogP contribution in [0.3, 0.4) is 0 Å². The van der Waals surface area contributed by atoms with Crippen LogP contribution in [0.1, 0.15) is 39.5 Å². The van der Waals surface area contributed by atoms with Gasteiger partial charge >= 0.3 is 0 Å². The van der Waals surface area contributed by atoms with Gasteiger partial charge in [0, 0.05) is 17.7 Å². The minimum absolute atomic E-state index is 0.475. The third-order valence-electron chi connectivity index (χ3n) is 3.18. The van der Waals surface area contributed by atoms with Crippen molar-refractivity contribution in [3.8, 4) is 12.3 Å². The summed E-state index contributed by atoms with van der Waals surface area (Å²) in [5.74, 6) is 2.64. The molecule has 0 atom stereocenters. The number of hydrogen-bond donors (Lipinski definition) is 0. The maximum absolute atomic E-state index is 5.34. The third kappa shape index (κ3) is 2.39. The Morgan fingerprint density at radius 3 is 2.50 bits per heavy atom. The molecule has 14 heavy (non-hydrogen) atoms. The molecule has 0 bridgehead atoms. The molecule has 1 aliphatic rings. The molecule has 1 saturated carbocycles. The van der Waals surface area contributed by atoms with Crippen LogP contribution >= 0.6 is 0 Å². The maximum atomic E-state index is 5.34. The second-order valence-electron chi connectivity index (χ2n) is 4.24. The van der Waals surface area contributed by atoms with E-state index in [0.29, 0.717) is 5.54 Å². The van der Waals surface area contributed by atoms with E-state index in [4.69, 9.17) is 6.42 Å². The predicted molar refractivity (Wildman–Crippen MR) is 62.1 cm³/mol. The maximum Gasteiger partial charge on any atom is 0.0312 e. The first-order chi connectivity index (χ1) is 6.68. The van der Waals surface area contributed by atoms with Crippen LogP contribution in [-0.2, 0) is 0 Å². The molecule has 0 radical (unpaired) electrons. The molecule has 0 amide bonds. The number of rotatable bonds is 6. The fourth-order valence-corrected chi connectivity index (χ4v) is 2.22. The smallest absolute Gasteiger partial charge is 0.0312 e. The molecule has 78 valence electrons. The fraction of sp³-hybridized carbons (Fsp3) is 0.692. The predicted octanol–water partition coefficient (Wildman–Crippen LogP) is 2.83. The summed E-state index contributed by atoms with van der Waals surface area (Å²) in [6.45, 7) is 10.3. The van der Waals surface area contributed by atoms with E-state index in [1.807, 2.05) is 0 Å². The molecule has 0 unspecified atom stereocenters. The zero-order valence-electron chi connectivity index (χ0n) is 9.47. The quantitative estimate of drug-likeness (QED) is 0.584. The third-order valence-corrected chi connectivity index (χ3v) is 3.18. The molecule has 0 aromatic carbocycles. The van der Waals surface area contributed by atoms with Gasteiger partial charge in [-0.2, -0.15) is 0 Å². The van der Waals surface area contributed by atoms with Crippen molar-refractivity contribution in [2.24, 2.45) is 0 Å². The van der Waals surface area contributed by atoms with Crippen LogP contribution in [0.15, 0.2) is 12.2 Å². The van der Waals surface area contributed by atoms with E-state index in [9.17, 15) is 0 Å². The largest absolute Gasteiger partial charge is 0.293 e. The Morgan fingerprint density at radius 2 is 2.14 bits per heavy atom. The Hall–Kier alpha value is -0.740. The summed E-state index contributed by atoms with van der Waals surface area (Å²) in [5.41, 5.74) is 1.39. The van der Waals surface area contributed by atoms with Gasteiger partial charge < -0.3 is 0 Å². The van der Waals surface area contributed by atoms with E-state index in [1.54, 1.807) is 0 Å². The van der Waals surface area contributed by atoms with Crippen LogP contribution in [0.25, 0.3) is 0 Å². The molecular formula is C13H21N. The molecule has 0 aromatic rings. The first-order valence-corrected chi connectivity index (χ1v) is 5.58. The standard InChI is InChI=1S/C13H21N/c1-5-8-13(9-10-13)14(7-3)11-12(4)6-2/h2H,4-5,7-11H2,1,3H3. The summed E-state index contributed by atoms with van der Waals surface area (Å²) in [5, 5.41) is 0. The molecule has 0 heterocycles. The van der Waals surface area contributed by atoms with Crippen LogP contribution in [0.4, 0.5) is 0 Å². The molecule has 0 spiro atoms. The number of hydrogen-bond acceptors (Lipinski definition) is 1. The van der Waals surface area contributed by atoms with Gasteiger partial charge in [0.15, 0.2) is 0 Å². The van der Waals surface area contributed by atoms with Crippen molar-refractivity contribution in [2.75, 3.05) is 13.1 Å². The molecule has 0 aliphatic heterocycles. The average molecular weight is 191 g/mol. The second-order valence-corrected chi connectivity index (χ2v) is 4.24. The Morgan fingerprint density at radius 1 is 1.50 bits per heavy atom. The van der Waals surface area contributed by atoms with E-state index >= 15 is 0 Å². The van der Waals surface area contributed by atoms with Crippen LogP contribution < -0.4 is 0 Å². The lowest BCUT2D eigenvalue weighted by molar-refractivity contribution is 0.192. The van der Waals surface area contributed by atoms with Crippen LogP contribution in [0, 0.1) is 12.3 Å². The molecule has 0 saturated heterocycles. The number of nitrogens with zero attached hydrogens (tertiary/aromatic N) is 1. The summed E-state index contributed by atoms with van der Waals surface area (Å²) in [6, 6.07) is 0. The first kappa shape index (κ1) is 11.3. The van der Waals surface area contributed by atoms with E-state index in [1.165, 1.54) is 25.7 Å². The minimum Gasteiger partial charge on any atom is -0.293 e. The Balaban J connectivity index is 2.54. The van der Waals surface area contributed by atoms with Gasteiger partial charge in [-0.25, -0.2) is 0 Å². The molecule has 1 nitrogen and oxygen atoms in total. The normalized spacial score (nSPS) is 17.9. The van der Waals surface area contributed by atoms with E-state index in [2.05, 4.69) is 31.2 Å². The zero-order valence-corrected chi connectivity index (χ0v) is 9.47. The Labute approximate surface area is 88.2 Å². The summed E-state index contributed by atoms with van der Waals surface area (Å²) >= 11 is 0. The van der Waals surface area contributed by atoms with E-state index in [-0.39, 0.29) is 0 Å². The minimum atomic E-state index is 0.475. The summed E-state index contributed by atoms with van der Waals surface area (Å²) in [4.78, 5) is 2.50. The van der Waals surface area contributed by atoms with Crippen molar-refractivity contribution in [1.29, 1.82) is 0 Å². The Bertz CT molecular complexity index is 242. The van der Waals surface area contributed by atoms with E-state index in [0.717, 1.165) is 18.7 Å². The molecular weight excluding hydrogens is 170 g/mol. The van der Waals surface area contributed by atoms with Gasteiger partial charge in [0.1, 0.15) is 0 Å². The lowest BCUT2D eigenvalue weighted by atomic mass is 10.1. The zero-order chi connectivity index (χ0) is 10.6. The van der Waals surface area contributed by atoms with Gasteiger partial charge in [0.2, 0.25) is 0 Å². The van der Waals surface area contributed by atoms with Crippen molar-refractivity contribution >= 4 is 0 Å². The first-order valence-electron chi connectivity index (χ1n) is 5.58. The van der Waals surface area contributed by atoms with Gasteiger partial charge in [-0.15, -0.1) is 6.42 Å². The SMILES string of the molecule is C#CC(=C)CN(CC)C1(CCC)CC1. The fourth-order valence-electron chi connectivity index (χ4n) is 2.22. The molecule has 1 aliphatic carbocycles. The van der Waals surface area contributed by atoms with Gasteiger partial charge in [-0.1, -0.05) is 32.8 Å². The summed E-state index contributed by atoms with van der Waals surface area (Å²) < 4.78 is 0. The second kappa shape index (κ2) is 4.66. The highest BCUT2D eigenvalue weighted by atomic mass is 15.2. The monoisotopic (exact) mass is 191 g/mol. The van der Waals surface area contributed by atoms with Crippen molar-refractivity contribution in [2.45, 2.75) is 45.1 Å². The van der Waals surface area contributed by atoms with Gasteiger partial charge in [0.05, 0.1) is 0 Å². The molecule has 0 N–H and O–H groups in total. The highest BCUT2D eigenvalue weighted by Crippen LogP contribution is 2.45. The van der Waals surface area contributed by atoms with Crippen LogP contribution in [-0.4, -0.2) is 23.5 Å². The molecule has 0 aromatic heterocycles. The van der Waals surface area contributed by atoms with Gasteiger partial charge in [-0.05, 0) is 25.8 Å². The van der Waals surface area contributed by atoms with Crippen molar-refractivity contribution < 1.29 is 0 Å². The Kier molecular flexibility index (Phi) is 3.77. The average Bonchev–Trinajstić information content (AvgIpc) is 2.95. The highest BCUT2D eigenvalue weighted by molar-refractivity contribution is 5.24. The van der Waals surface area contributed by atoms with Crippen LogP contribution in [0.2, 0.25) is 0 Å². The van der Waals surface area contributed by atoms with Crippen LogP contribution in [0.5, 0.6) is 0 Å². The lowest BCUT2D eigenvalue weighted by Gasteiger charge is -2.30. The molecule has 1 heteroatoms. The lowest BCUT2D eigenvalue weighted by Crippen LogP contribution is -2.38. The number of terminal acetylenes is 1. The van der Waals surface area contributed by atoms with Crippen molar-refractivity contribution in [3.63, 3.8) is 0 Å². The highest BCUT2D eigenvalue weighted by Gasteiger charge is 2.45. The van der Waals surface area contributed by atoms with Gasteiger partial charge in [-0.3, -0.25) is 4.90 Å². The topological polar surface area (TPSA) is 3.24 Å². The number of likely N-dealkylation sites (N-methyl/N-ethyl adjacent to an activating group) is 1. The summed E-state index contributed by atoms with van der Waals surface area (Å²) in [6.07, 6.45) is 10.6. The summed E-state index contributed by atoms with van der Waals surface area (Å²) in [7, 11) is 0. The van der Waals surface area contributed by atoms with Crippen molar-refractivity contribution in [1.82, 2.24) is 4.90 Å². The molecule has 1 fully saturated rings. The molecule has 1 rings (SSSR count).